The minimum absolute atomic E-state index is 0.0297. The first-order chi connectivity index (χ1) is 12.8. The van der Waals surface area contributed by atoms with Crippen LogP contribution in [-0.2, 0) is 9.59 Å². The molecule has 1 unspecified atom stereocenters. The molecule has 1 saturated heterocycles. The number of carbonyl (C=O) groups is 2. The minimum Gasteiger partial charge on any atom is -0.495 e. The maximum Gasteiger partial charge on any atom is 0.229 e. The monoisotopic (exact) mass is 386 g/mol. The van der Waals surface area contributed by atoms with E-state index in [1.165, 1.54) is 7.11 Å². The number of amides is 2. The quantitative estimate of drug-likeness (QED) is 0.853. The van der Waals surface area contributed by atoms with Gasteiger partial charge in [-0.25, -0.2) is 0 Å². The van der Waals surface area contributed by atoms with Crippen LogP contribution in [0.25, 0.3) is 0 Å². The normalized spacial score (nSPS) is 16.6. The minimum atomic E-state index is -0.404. The van der Waals surface area contributed by atoms with E-state index < -0.39 is 5.92 Å². The van der Waals surface area contributed by atoms with Crippen LogP contribution in [0.3, 0.4) is 0 Å². The molecule has 1 aliphatic heterocycles. The SMILES string of the molecule is COc1ccc(NC(=O)C2CC(=O)N(c3c(C)cc(C)cc3C)C2)cc1Cl. The van der Waals surface area contributed by atoms with E-state index in [2.05, 4.69) is 17.4 Å². The Bertz CT molecular complexity index is 887. The van der Waals surface area contributed by atoms with Crippen molar-refractivity contribution in [1.82, 2.24) is 0 Å². The van der Waals surface area contributed by atoms with Gasteiger partial charge in [0.15, 0.2) is 0 Å². The third-order valence-electron chi connectivity index (χ3n) is 4.82. The Labute approximate surface area is 164 Å². The molecule has 2 aromatic rings. The Morgan fingerprint density at radius 3 is 2.44 bits per heavy atom. The summed E-state index contributed by atoms with van der Waals surface area (Å²) in [7, 11) is 1.53. The van der Waals surface area contributed by atoms with Crippen LogP contribution in [0.1, 0.15) is 23.1 Å². The molecular weight excluding hydrogens is 364 g/mol. The lowest BCUT2D eigenvalue weighted by Crippen LogP contribution is -2.29. The molecule has 0 bridgehead atoms. The van der Waals surface area contributed by atoms with Crippen LogP contribution in [0.15, 0.2) is 30.3 Å². The van der Waals surface area contributed by atoms with E-state index in [9.17, 15) is 9.59 Å². The van der Waals surface area contributed by atoms with E-state index in [0.717, 1.165) is 22.4 Å². The fourth-order valence-electron chi connectivity index (χ4n) is 3.69. The summed E-state index contributed by atoms with van der Waals surface area (Å²) in [5.41, 5.74) is 4.74. The summed E-state index contributed by atoms with van der Waals surface area (Å²) < 4.78 is 5.12. The average molecular weight is 387 g/mol. The van der Waals surface area contributed by atoms with E-state index in [0.29, 0.717) is 23.0 Å². The largest absolute Gasteiger partial charge is 0.495 e. The van der Waals surface area contributed by atoms with Crippen LogP contribution < -0.4 is 15.0 Å². The lowest BCUT2D eigenvalue weighted by atomic mass is 10.0. The highest BCUT2D eigenvalue weighted by molar-refractivity contribution is 6.32. The van der Waals surface area contributed by atoms with Crippen molar-refractivity contribution in [3.8, 4) is 5.75 Å². The van der Waals surface area contributed by atoms with Crippen molar-refractivity contribution in [3.63, 3.8) is 0 Å². The molecule has 0 aromatic heterocycles. The van der Waals surface area contributed by atoms with Crippen LogP contribution in [0.2, 0.25) is 5.02 Å². The summed E-state index contributed by atoms with van der Waals surface area (Å²) >= 11 is 6.11. The van der Waals surface area contributed by atoms with Crippen LogP contribution in [0.4, 0.5) is 11.4 Å². The van der Waals surface area contributed by atoms with Gasteiger partial charge in [-0.05, 0) is 50.1 Å². The van der Waals surface area contributed by atoms with Gasteiger partial charge in [0.05, 0.1) is 18.1 Å². The van der Waals surface area contributed by atoms with Crippen molar-refractivity contribution in [3.05, 3.63) is 52.0 Å². The maximum atomic E-state index is 12.7. The van der Waals surface area contributed by atoms with E-state index in [-0.39, 0.29) is 18.2 Å². The summed E-state index contributed by atoms with van der Waals surface area (Å²) in [6.45, 7) is 6.40. The van der Waals surface area contributed by atoms with Crippen molar-refractivity contribution in [2.45, 2.75) is 27.2 Å². The number of methoxy groups -OCH3 is 1. The number of carbonyl (C=O) groups excluding carboxylic acids is 2. The molecule has 1 aliphatic rings. The van der Waals surface area contributed by atoms with Crippen LogP contribution in [-0.4, -0.2) is 25.5 Å². The third-order valence-corrected chi connectivity index (χ3v) is 5.12. The van der Waals surface area contributed by atoms with Crippen molar-refractivity contribution in [2.24, 2.45) is 5.92 Å². The number of nitrogens with one attached hydrogen (secondary N) is 1. The molecule has 1 atom stereocenters. The zero-order valence-corrected chi connectivity index (χ0v) is 16.7. The fourth-order valence-corrected chi connectivity index (χ4v) is 3.94. The standard InChI is InChI=1S/C21H23ClN2O3/c1-12-7-13(2)20(14(3)8-12)24-11-15(9-19(24)25)21(26)23-16-5-6-18(27-4)17(22)10-16/h5-8,10,15H,9,11H2,1-4H3,(H,23,26). The Kier molecular flexibility index (Phi) is 5.42. The molecule has 0 saturated carbocycles. The fraction of sp³-hybridized carbons (Fsp3) is 0.333. The van der Waals surface area contributed by atoms with Crippen molar-refractivity contribution < 1.29 is 14.3 Å². The molecule has 6 heteroatoms. The van der Waals surface area contributed by atoms with Gasteiger partial charge in [0, 0.05) is 24.3 Å². The average Bonchev–Trinajstić information content (AvgIpc) is 2.96. The molecule has 1 fully saturated rings. The lowest BCUT2D eigenvalue weighted by Gasteiger charge is -2.22. The van der Waals surface area contributed by atoms with Crippen LogP contribution in [0, 0.1) is 26.7 Å². The highest BCUT2D eigenvalue weighted by Gasteiger charge is 2.36. The van der Waals surface area contributed by atoms with Gasteiger partial charge in [0.2, 0.25) is 11.8 Å². The number of rotatable bonds is 4. The highest BCUT2D eigenvalue weighted by Crippen LogP contribution is 2.33. The van der Waals surface area contributed by atoms with Gasteiger partial charge in [-0.15, -0.1) is 0 Å². The van der Waals surface area contributed by atoms with Crippen molar-refractivity contribution in [1.29, 1.82) is 0 Å². The summed E-state index contributed by atoms with van der Waals surface area (Å²) in [5.74, 6) is -0.0758. The van der Waals surface area contributed by atoms with Crippen molar-refractivity contribution in [2.75, 3.05) is 23.9 Å². The molecule has 142 valence electrons. The molecular formula is C21H23ClN2O3. The van der Waals surface area contributed by atoms with Gasteiger partial charge in [-0.1, -0.05) is 29.3 Å². The van der Waals surface area contributed by atoms with E-state index >= 15 is 0 Å². The van der Waals surface area contributed by atoms with Gasteiger partial charge in [0.1, 0.15) is 5.75 Å². The predicted octanol–water partition coefficient (Wildman–Crippen LogP) is 4.27. The molecule has 2 amide bonds. The second kappa shape index (κ2) is 7.61. The zero-order valence-electron chi connectivity index (χ0n) is 15.9. The number of aryl methyl sites for hydroxylation is 3. The first kappa shape index (κ1) is 19.2. The predicted molar refractivity (Wildman–Crippen MR) is 108 cm³/mol. The number of anilines is 2. The topological polar surface area (TPSA) is 58.6 Å². The van der Waals surface area contributed by atoms with Crippen LogP contribution in [0.5, 0.6) is 5.75 Å². The first-order valence-electron chi connectivity index (χ1n) is 8.82. The molecule has 1 heterocycles. The summed E-state index contributed by atoms with van der Waals surface area (Å²) in [5, 5.41) is 3.27. The highest BCUT2D eigenvalue weighted by atomic mass is 35.5. The number of benzene rings is 2. The van der Waals surface area contributed by atoms with Crippen LogP contribution >= 0.6 is 11.6 Å². The zero-order chi connectivity index (χ0) is 19.7. The Morgan fingerprint density at radius 2 is 1.85 bits per heavy atom. The second-order valence-electron chi connectivity index (χ2n) is 6.99. The molecule has 27 heavy (non-hydrogen) atoms. The number of ether oxygens (including phenoxy) is 1. The summed E-state index contributed by atoms with van der Waals surface area (Å²) in [4.78, 5) is 27.0. The smallest absolute Gasteiger partial charge is 0.229 e. The van der Waals surface area contributed by atoms with E-state index in [1.54, 1.807) is 23.1 Å². The van der Waals surface area contributed by atoms with Gasteiger partial charge in [-0.3, -0.25) is 9.59 Å². The van der Waals surface area contributed by atoms with Crippen molar-refractivity contribution >= 4 is 34.8 Å². The second-order valence-corrected chi connectivity index (χ2v) is 7.40. The van der Waals surface area contributed by atoms with Gasteiger partial charge in [-0.2, -0.15) is 0 Å². The van der Waals surface area contributed by atoms with E-state index in [1.807, 2.05) is 20.8 Å². The Morgan fingerprint density at radius 1 is 1.19 bits per heavy atom. The molecule has 0 aliphatic carbocycles. The Hall–Kier alpha value is -2.53. The number of hydrogen-bond donors (Lipinski definition) is 1. The number of halogens is 1. The Balaban J connectivity index is 1.75. The molecule has 1 N–H and O–H groups in total. The number of hydrogen-bond acceptors (Lipinski definition) is 3. The summed E-state index contributed by atoms with van der Waals surface area (Å²) in [6.07, 6.45) is 0.197. The molecule has 0 radical (unpaired) electrons. The molecule has 2 aromatic carbocycles. The molecule has 0 spiro atoms. The van der Waals surface area contributed by atoms with E-state index in [4.69, 9.17) is 16.3 Å². The van der Waals surface area contributed by atoms with Gasteiger partial charge in [0.25, 0.3) is 0 Å². The van der Waals surface area contributed by atoms with Gasteiger partial charge < -0.3 is 15.0 Å². The third kappa shape index (κ3) is 3.93. The number of nitrogens with zero attached hydrogens (tertiary/aromatic N) is 1. The molecule has 3 rings (SSSR count). The van der Waals surface area contributed by atoms with Gasteiger partial charge >= 0.3 is 0 Å². The summed E-state index contributed by atoms with van der Waals surface area (Å²) in [6, 6.07) is 9.18. The lowest BCUT2D eigenvalue weighted by molar-refractivity contribution is -0.122. The first-order valence-corrected chi connectivity index (χ1v) is 9.20. The maximum absolute atomic E-state index is 12.7. The molecule has 5 nitrogen and oxygen atoms in total.